The fraction of sp³-hybridized carbons (Fsp3) is 0.116. The molecule has 0 radical (unpaired) electrons. The van der Waals surface area contributed by atoms with Gasteiger partial charge in [0.2, 0.25) is 0 Å². The molecule has 0 spiro atoms. The second-order valence-electron chi connectivity index (χ2n) is 13.2. The first-order valence-electron chi connectivity index (χ1n) is 16.2. The summed E-state index contributed by atoms with van der Waals surface area (Å²) in [6, 6.07) is 46.8. The van der Waals surface area contributed by atoms with Crippen molar-refractivity contribution in [2.75, 3.05) is 9.80 Å². The van der Waals surface area contributed by atoms with Crippen molar-refractivity contribution in [2.45, 2.75) is 33.1 Å². The van der Waals surface area contributed by atoms with Crippen LogP contribution in [0.25, 0.3) is 38.8 Å². The molecule has 7 aromatic rings. The van der Waals surface area contributed by atoms with E-state index >= 15 is 0 Å². The Kier molecular flexibility index (Phi) is 8.64. The molecule has 1 aliphatic heterocycles. The summed E-state index contributed by atoms with van der Waals surface area (Å²) in [5.74, 6) is 2.08. The number of pyridine rings is 1. The van der Waals surface area contributed by atoms with E-state index in [4.69, 9.17) is 9.72 Å². The third-order valence-electron chi connectivity index (χ3n) is 8.80. The zero-order valence-corrected chi connectivity index (χ0v) is 30.1. The Balaban J connectivity index is 0.00000378. The van der Waals surface area contributed by atoms with Crippen molar-refractivity contribution in [3.63, 3.8) is 0 Å². The summed E-state index contributed by atoms with van der Waals surface area (Å²) in [4.78, 5) is 9.00. The van der Waals surface area contributed by atoms with Crippen molar-refractivity contribution in [1.29, 1.82) is 0 Å². The first kappa shape index (κ1) is 32.4. The van der Waals surface area contributed by atoms with Gasteiger partial charge in [0.05, 0.1) is 0 Å². The fourth-order valence-electron chi connectivity index (χ4n) is 6.31. The van der Waals surface area contributed by atoms with Gasteiger partial charge in [-0.2, -0.15) is 12.1 Å². The predicted molar refractivity (Wildman–Crippen MR) is 196 cm³/mol. The first-order chi connectivity index (χ1) is 23.3. The predicted octanol–water partition coefficient (Wildman–Crippen LogP) is 10.8. The topological polar surface area (TPSA) is 33.5 Å². The summed E-state index contributed by atoms with van der Waals surface area (Å²) in [5, 5.41) is 2.25. The number of hydrogen-bond donors (Lipinski definition) is 0. The van der Waals surface area contributed by atoms with Gasteiger partial charge < -0.3 is 19.1 Å². The molecule has 246 valence electrons. The van der Waals surface area contributed by atoms with Gasteiger partial charge in [0.15, 0.2) is 0 Å². The molecule has 1 aliphatic rings. The molecule has 0 aliphatic carbocycles. The minimum absolute atomic E-state index is 0. The monoisotopic (exact) mass is 818 g/mol. The van der Waals surface area contributed by atoms with Gasteiger partial charge >= 0.3 is 0 Å². The second-order valence-corrected chi connectivity index (χ2v) is 13.2. The summed E-state index contributed by atoms with van der Waals surface area (Å²) < 4.78 is 8.61. The van der Waals surface area contributed by atoms with E-state index in [0.717, 1.165) is 39.0 Å². The van der Waals surface area contributed by atoms with Crippen molar-refractivity contribution in [2.24, 2.45) is 0 Å². The molecule has 49 heavy (non-hydrogen) atoms. The van der Waals surface area contributed by atoms with Crippen LogP contribution in [-0.2, 0) is 26.5 Å². The van der Waals surface area contributed by atoms with E-state index in [1.54, 1.807) is 0 Å². The molecular formula is C43H35N4OPt-3. The number of aromatic nitrogens is 2. The van der Waals surface area contributed by atoms with Crippen molar-refractivity contribution in [1.82, 2.24) is 9.55 Å². The molecule has 0 amide bonds. The molecular weight excluding hydrogens is 784 g/mol. The molecule has 0 saturated heterocycles. The molecule has 5 aromatic carbocycles. The smallest absolute Gasteiger partial charge is 0.135 e. The van der Waals surface area contributed by atoms with Crippen molar-refractivity contribution < 1.29 is 25.8 Å². The number of hydrogen-bond acceptors (Lipinski definition) is 4. The number of rotatable bonds is 6. The van der Waals surface area contributed by atoms with Gasteiger partial charge in [0.1, 0.15) is 5.82 Å². The van der Waals surface area contributed by atoms with Gasteiger partial charge in [-0.3, -0.25) is 0 Å². The number of nitrogens with zero attached hydrogens (tertiary/aromatic N) is 4. The Hall–Kier alpha value is -5.12. The first-order valence-corrected chi connectivity index (χ1v) is 16.2. The van der Waals surface area contributed by atoms with Gasteiger partial charge in [-0.05, 0) is 71.6 Å². The minimum atomic E-state index is -0.00139. The van der Waals surface area contributed by atoms with Gasteiger partial charge in [0.25, 0.3) is 0 Å². The van der Waals surface area contributed by atoms with Gasteiger partial charge in [-0.15, -0.1) is 48.1 Å². The Bertz CT molecular complexity index is 2320. The van der Waals surface area contributed by atoms with Crippen LogP contribution in [0.1, 0.15) is 31.9 Å². The largest absolute Gasteiger partial charge is 0.509 e. The summed E-state index contributed by atoms with van der Waals surface area (Å²) in [7, 11) is 0. The molecule has 0 bridgehead atoms. The zero-order chi connectivity index (χ0) is 32.8. The maximum Gasteiger partial charge on any atom is 0.135 e. The number of aryl methyl sites for hydroxylation is 1. The van der Waals surface area contributed by atoms with Gasteiger partial charge in [0, 0.05) is 55.5 Å². The third kappa shape index (κ3) is 6.27. The Labute approximate surface area is 302 Å². The van der Waals surface area contributed by atoms with Crippen LogP contribution in [0.3, 0.4) is 0 Å². The SMILES string of the molecule is Cc1ccc(N2C=CN(c3[c-]c(Oc4[c-]c5c(cc4)c4ccccc4n5-c4cc(C(C)(C)C)ccn4)ccc3)[CH-]2)c(-c2ccccc2)c1.[Pt]. The molecule has 6 heteroatoms. The van der Waals surface area contributed by atoms with Crippen LogP contribution in [0, 0.1) is 25.7 Å². The fourth-order valence-corrected chi connectivity index (χ4v) is 6.31. The molecule has 0 unspecified atom stereocenters. The summed E-state index contributed by atoms with van der Waals surface area (Å²) in [5.41, 5.74) is 8.80. The Morgan fingerprint density at radius 3 is 2.33 bits per heavy atom. The molecule has 8 rings (SSSR count). The average molecular weight is 819 g/mol. The Morgan fingerprint density at radius 1 is 0.714 bits per heavy atom. The molecule has 2 aromatic heterocycles. The molecule has 0 atom stereocenters. The van der Waals surface area contributed by atoms with Crippen LogP contribution in [0.15, 0.2) is 134 Å². The summed E-state index contributed by atoms with van der Waals surface area (Å²) >= 11 is 0. The number of fused-ring (bicyclic) bond motifs is 3. The second kappa shape index (κ2) is 13.1. The van der Waals surface area contributed by atoms with Crippen LogP contribution in [0.4, 0.5) is 11.4 Å². The molecule has 0 N–H and O–H groups in total. The third-order valence-corrected chi connectivity index (χ3v) is 8.80. The van der Waals surface area contributed by atoms with Crippen LogP contribution in [0.5, 0.6) is 11.5 Å². The number of anilines is 2. The van der Waals surface area contributed by atoms with Crippen molar-refractivity contribution in [3.05, 3.63) is 164 Å². The molecule has 5 nitrogen and oxygen atoms in total. The maximum absolute atomic E-state index is 6.43. The zero-order valence-electron chi connectivity index (χ0n) is 27.8. The standard InChI is InChI=1S/C43H35N4O.Pt/c1-30-17-20-39(38(25-30)31-11-6-5-7-12-31)46-24-23-45(29-46)33-13-10-14-34(27-33)48-35-18-19-37-36-15-8-9-16-40(36)47(41(37)28-35)42-26-32(21-22-44-42)43(2,3)4;/h5-26,29H,1-4H3;/q-3;. The van der Waals surface area contributed by atoms with E-state index in [0.29, 0.717) is 11.5 Å². The molecule has 3 heterocycles. The van der Waals surface area contributed by atoms with Crippen LogP contribution in [0.2, 0.25) is 0 Å². The van der Waals surface area contributed by atoms with E-state index < -0.39 is 0 Å². The van der Waals surface area contributed by atoms with Gasteiger partial charge in [-0.25, -0.2) is 4.98 Å². The van der Waals surface area contributed by atoms with E-state index in [2.05, 4.69) is 152 Å². The van der Waals surface area contributed by atoms with E-state index in [-0.39, 0.29) is 26.5 Å². The van der Waals surface area contributed by atoms with Gasteiger partial charge in [-0.1, -0.05) is 86.4 Å². The van der Waals surface area contributed by atoms with E-state index in [1.165, 1.54) is 22.3 Å². The van der Waals surface area contributed by atoms with E-state index in [1.807, 2.05) is 42.7 Å². The summed E-state index contributed by atoms with van der Waals surface area (Å²) in [6.07, 6.45) is 6.00. The minimum Gasteiger partial charge on any atom is -0.509 e. The van der Waals surface area contributed by atoms with Crippen LogP contribution < -0.4 is 14.5 Å². The number of benzene rings is 5. The summed E-state index contributed by atoms with van der Waals surface area (Å²) in [6.45, 7) is 10.9. The normalized spacial score (nSPS) is 12.9. The maximum atomic E-state index is 6.43. The quantitative estimate of drug-likeness (QED) is 0.157. The Morgan fingerprint density at radius 2 is 1.49 bits per heavy atom. The number of para-hydroxylation sites is 1. The average Bonchev–Trinajstić information content (AvgIpc) is 3.72. The van der Waals surface area contributed by atoms with Crippen LogP contribution >= 0.6 is 0 Å². The van der Waals surface area contributed by atoms with Crippen molar-refractivity contribution in [3.8, 4) is 28.4 Å². The van der Waals surface area contributed by atoms with E-state index in [9.17, 15) is 0 Å². The molecule has 0 fully saturated rings. The molecule has 0 saturated carbocycles. The van der Waals surface area contributed by atoms with Crippen LogP contribution in [-0.4, -0.2) is 9.55 Å². The number of ether oxygens (including phenoxy) is 1. The van der Waals surface area contributed by atoms with Crippen molar-refractivity contribution >= 4 is 33.2 Å².